The largest absolute Gasteiger partial charge is 0.481 e. The molecule has 0 aromatic carbocycles. The molecule has 0 spiro atoms. The molecule has 0 amide bonds. The average molecular weight is 233 g/mol. The van der Waals surface area contributed by atoms with Gasteiger partial charge in [0.1, 0.15) is 17.2 Å². The van der Waals surface area contributed by atoms with Crippen LogP contribution >= 0.6 is 0 Å². The van der Waals surface area contributed by atoms with E-state index >= 15 is 0 Å². The topological polar surface area (TPSA) is 96.7 Å². The van der Waals surface area contributed by atoms with Gasteiger partial charge in [-0.25, -0.2) is 4.98 Å². The quantitative estimate of drug-likeness (QED) is 0.774. The Morgan fingerprint density at radius 3 is 3.00 bits per heavy atom. The molecule has 1 aliphatic rings. The van der Waals surface area contributed by atoms with E-state index in [-0.39, 0.29) is 5.92 Å². The number of hydrogen-bond donors (Lipinski definition) is 2. The van der Waals surface area contributed by atoms with E-state index in [1.54, 1.807) is 0 Å². The molecule has 2 N–H and O–H groups in total. The van der Waals surface area contributed by atoms with Crippen LogP contribution in [0.4, 0.5) is 0 Å². The monoisotopic (exact) mass is 233 g/mol. The van der Waals surface area contributed by atoms with E-state index in [9.17, 15) is 4.79 Å². The van der Waals surface area contributed by atoms with Crippen molar-refractivity contribution < 1.29 is 9.90 Å². The first-order valence-electron chi connectivity index (χ1n) is 5.31. The number of rotatable bonds is 2. The van der Waals surface area contributed by atoms with Gasteiger partial charge in [0.05, 0.1) is 11.6 Å². The number of aryl methyl sites for hydroxylation is 1. The number of carbonyl (C=O) groups is 1. The predicted octanol–water partition coefficient (Wildman–Crippen LogP) is 0.234. The maximum Gasteiger partial charge on any atom is 0.308 e. The zero-order valence-corrected chi connectivity index (χ0v) is 9.21. The van der Waals surface area contributed by atoms with Gasteiger partial charge in [-0.1, -0.05) is 0 Å². The van der Waals surface area contributed by atoms with Crippen molar-refractivity contribution in [1.29, 1.82) is 0 Å². The highest BCUT2D eigenvalue weighted by molar-refractivity contribution is 5.71. The molecule has 88 valence electrons. The minimum absolute atomic E-state index is 0.357. The summed E-state index contributed by atoms with van der Waals surface area (Å²) in [5.41, 5.74) is 2.26. The molecular formula is C10H11N5O2. The Hall–Kier alpha value is -2.18. The maximum absolute atomic E-state index is 10.9. The number of aliphatic carboxylic acids is 1. The summed E-state index contributed by atoms with van der Waals surface area (Å²) in [5, 5.41) is 19.4. The Kier molecular flexibility index (Phi) is 2.01. The lowest BCUT2D eigenvalue weighted by atomic mass is 10.1. The highest BCUT2D eigenvalue weighted by Gasteiger charge is 2.29. The number of imidazole rings is 1. The summed E-state index contributed by atoms with van der Waals surface area (Å²) in [5.74, 6) is -0.325. The predicted molar refractivity (Wildman–Crippen MR) is 57.2 cm³/mol. The average Bonchev–Trinajstić information content (AvgIpc) is 2.88. The van der Waals surface area contributed by atoms with Crippen LogP contribution in [0, 0.1) is 12.8 Å². The molecule has 0 bridgehead atoms. The highest BCUT2D eigenvalue weighted by Crippen LogP contribution is 2.25. The Balaban J connectivity index is 1.93. The molecule has 1 aliphatic heterocycles. The first kappa shape index (κ1) is 10.0. The molecule has 0 saturated heterocycles. The van der Waals surface area contributed by atoms with Gasteiger partial charge >= 0.3 is 5.97 Å². The van der Waals surface area contributed by atoms with Crippen LogP contribution in [0.3, 0.4) is 0 Å². The van der Waals surface area contributed by atoms with Crippen LogP contribution in [0.25, 0.3) is 11.4 Å². The van der Waals surface area contributed by atoms with Crippen LogP contribution in [0.5, 0.6) is 0 Å². The number of aromatic nitrogens is 5. The van der Waals surface area contributed by atoms with E-state index in [2.05, 4.69) is 20.4 Å². The van der Waals surface area contributed by atoms with Crippen molar-refractivity contribution >= 4 is 5.97 Å². The summed E-state index contributed by atoms with van der Waals surface area (Å²) >= 11 is 0. The van der Waals surface area contributed by atoms with Crippen molar-refractivity contribution in [3.8, 4) is 11.4 Å². The van der Waals surface area contributed by atoms with E-state index in [0.717, 1.165) is 22.9 Å². The second-order valence-electron chi connectivity index (χ2n) is 4.19. The Morgan fingerprint density at radius 1 is 1.59 bits per heavy atom. The number of nitrogens with one attached hydrogen (secondary N) is 1. The first-order chi connectivity index (χ1) is 8.15. The standard InChI is InChI=1S/C10H11N5O2/c1-5-9(13-14-12-5)7-4-15-3-6(10(16)17)2-8(15)11-7/h4,6H,2-3H2,1H3,(H,16,17)(H,12,13,14). The number of H-pyrrole nitrogens is 1. The van der Waals surface area contributed by atoms with E-state index in [0.29, 0.717) is 13.0 Å². The van der Waals surface area contributed by atoms with E-state index in [1.807, 2.05) is 17.7 Å². The number of nitrogens with zero attached hydrogens (tertiary/aromatic N) is 4. The van der Waals surface area contributed by atoms with Crippen LogP contribution in [0.1, 0.15) is 11.5 Å². The van der Waals surface area contributed by atoms with Crippen LogP contribution in [0.15, 0.2) is 6.20 Å². The minimum atomic E-state index is -0.769. The Labute approximate surface area is 96.5 Å². The smallest absolute Gasteiger partial charge is 0.308 e. The molecule has 2 aromatic rings. The van der Waals surface area contributed by atoms with Crippen molar-refractivity contribution in [3.63, 3.8) is 0 Å². The van der Waals surface area contributed by atoms with Crippen molar-refractivity contribution in [2.45, 2.75) is 19.9 Å². The van der Waals surface area contributed by atoms with Crippen molar-refractivity contribution in [3.05, 3.63) is 17.7 Å². The summed E-state index contributed by atoms with van der Waals surface area (Å²) in [6, 6.07) is 0. The normalized spacial score (nSPS) is 18.3. The molecular weight excluding hydrogens is 222 g/mol. The van der Waals surface area contributed by atoms with E-state index < -0.39 is 5.97 Å². The molecule has 1 unspecified atom stereocenters. The molecule has 0 saturated carbocycles. The number of carboxylic acid groups (broad SMARTS) is 1. The molecule has 1 atom stereocenters. The van der Waals surface area contributed by atoms with Crippen LogP contribution in [0.2, 0.25) is 0 Å². The lowest BCUT2D eigenvalue weighted by Crippen LogP contribution is -2.14. The third kappa shape index (κ3) is 1.50. The third-order valence-electron chi connectivity index (χ3n) is 3.02. The first-order valence-corrected chi connectivity index (χ1v) is 5.31. The summed E-state index contributed by atoms with van der Waals surface area (Å²) in [7, 11) is 0. The lowest BCUT2D eigenvalue weighted by molar-refractivity contribution is -0.141. The molecule has 0 fully saturated rings. The van der Waals surface area contributed by atoms with Gasteiger partial charge in [-0.3, -0.25) is 4.79 Å². The molecule has 17 heavy (non-hydrogen) atoms. The summed E-state index contributed by atoms with van der Waals surface area (Å²) in [6.07, 6.45) is 2.31. The SMILES string of the molecule is Cc1n[nH]nc1-c1cn2c(n1)CC(C(=O)O)C2. The fraction of sp³-hybridized carbons (Fsp3) is 0.400. The number of carboxylic acids is 1. The molecule has 0 radical (unpaired) electrons. The maximum atomic E-state index is 10.9. The molecule has 7 nitrogen and oxygen atoms in total. The fourth-order valence-corrected chi connectivity index (χ4v) is 2.10. The summed E-state index contributed by atoms with van der Waals surface area (Å²) < 4.78 is 1.88. The van der Waals surface area contributed by atoms with Crippen molar-refractivity contribution in [2.75, 3.05) is 0 Å². The Morgan fingerprint density at radius 2 is 2.41 bits per heavy atom. The van der Waals surface area contributed by atoms with Gasteiger partial charge in [-0.2, -0.15) is 15.4 Å². The van der Waals surface area contributed by atoms with Gasteiger partial charge in [0, 0.05) is 19.2 Å². The zero-order valence-electron chi connectivity index (χ0n) is 9.21. The molecule has 2 aromatic heterocycles. The van der Waals surface area contributed by atoms with Gasteiger partial charge in [0.25, 0.3) is 0 Å². The van der Waals surface area contributed by atoms with Gasteiger partial charge in [-0.05, 0) is 6.92 Å². The van der Waals surface area contributed by atoms with Gasteiger partial charge < -0.3 is 9.67 Å². The summed E-state index contributed by atoms with van der Waals surface area (Å²) in [6.45, 7) is 2.33. The van der Waals surface area contributed by atoms with Gasteiger partial charge in [-0.15, -0.1) is 0 Å². The van der Waals surface area contributed by atoms with Crippen molar-refractivity contribution in [2.24, 2.45) is 5.92 Å². The number of hydrogen-bond acceptors (Lipinski definition) is 4. The molecule has 7 heteroatoms. The van der Waals surface area contributed by atoms with Crippen LogP contribution in [-0.4, -0.2) is 36.0 Å². The Bertz CT molecular complexity index is 562. The van der Waals surface area contributed by atoms with Crippen LogP contribution < -0.4 is 0 Å². The third-order valence-corrected chi connectivity index (χ3v) is 3.02. The number of fused-ring (bicyclic) bond motifs is 1. The second kappa shape index (κ2) is 3.41. The van der Waals surface area contributed by atoms with E-state index in [1.165, 1.54) is 0 Å². The van der Waals surface area contributed by atoms with Gasteiger partial charge in [0.15, 0.2) is 0 Å². The highest BCUT2D eigenvalue weighted by atomic mass is 16.4. The van der Waals surface area contributed by atoms with Gasteiger partial charge in [0.2, 0.25) is 0 Å². The molecule has 3 heterocycles. The summed E-state index contributed by atoms with van der Waals surface area (Å²) in [4.78, 5) is 15.3. The van der Waals surface area contributed by atoms with E-state index in [4.69, 9.17) is 5.11 Å². The number of aromatic amines is 1. The van der Waals surface area contributed by atoms with Crippen molar-refractivity contribution in [1.82, 2.24) is 25.0 Å². The fourth-order valence-electron chi connectivity index (χ4n) is 2.10. The van der Waals surface area contributed by atoms with Crippen LogP contribution in [-0.2, 0) is 17.8 Å². The molecule has 0 aliphatic carbocycles. The zero-order chi connectivity index (χ0) is 12.0. The lowest BCUT2D eigenvalue weighted by Gasteiger charge is -2.00. The second-order valence-corrected chi connectivity index (χ2v) is 4.19. The minimum Gasteiger partial charge on any atom is -0.481 e. The molecule has 3 rings (SSSR count).